The summed E-state index contributed by atoms with van der Waals surface area (Å²) >= 11 is 0. The Labute approximate surface area is 200 Å². The quantitative estimate of drug-likeness (QED) is 0.556. The van der Waals surface area contributed by atoms with E-state index in [2.05, 4.69) is 5.32 Å². The third-order valence-corrected chi connectivity index (χ3v) is 6.05. The zero-order valence-corrected chi connectivity index (χ0v) is 18.8. The van der Waals surface area contributed by atoms with Gasteiger partial charge in [-0.2, -0.15) is 13.2 Å². The number of likely N-dealkylation sites (tertiary alicyclic amines) is 1. The Morgan fingerprint density at radius 2 is 1.49 bits per heavy atom. The van der Waals surface area contributed by atoms with Crippen LogP contribution in [-0.4, -0.2) is 48.4 Å². The van der Waals surface area contributed by atoms with Crippen molar-refractivity contribution in [2.75, 3.05) is 25.0 Å². The van der Waals surface area contributed by atoms with Gasteiger partial charge in [0.05, 0.1) is 11.3 Å². The van der Waals surface area contributed by atoms with E-state index in [9.17, 15) is 27.6 Å². The van der Waals surface area contributed by atoms with Crippen molar-refractivity contribution in [2.45, 2.75) is 19.0 Å². The van der Waals surface area contributed by atoms with Crippen LogP contribution in [0.2, 0.25) is 0 Å². The molecule has 3 amide bonds. The van der Waals surface area contributed by atoms with E-state index in [1.165, 1.54) is 18.2 Å². The molecule has 0 atom stereocenters. The van der Waals surface area contributed by atoms with Crippen LogP contribution in [0.1, 0.15) is 33.6 Å². The summed E-state index contributed by atoms with van der Waals surface area (Å²) in [6.45, 7) is -0.668. The molecular weight excluding hydrogens is 459 g/mol. The van der Waals surface area contributed by atoms with E-state index in [0.717, 1.165) is 10.8 Å². The molecule has 3 aromatic carbocycles. The first-order valence-corrected chi connectivity index (χ1v) is 11.2. The Hall–Kier alpha value is -3.88. The van der Waals surface area contributed by atoms with Crippen molar-refractivity contribution < 1.29 is 27.6 Å². The number of alkyl halides is 3. The van der Waals surface area contributed by atoms with Gasteiger partial charge in [-0.25, -0.2) is 0 Å². The zero-order chi connectivity index (χ0) is 25.0. The Kier molecular flexibility index (Phi) is 7.04. The molecule has 2 N–H and O–H groups in total. The number of para-hydroxylation sites is 1. The van der Waals surface area contributed by atoms with Gasteiger partial charge in [0.2, 0.25) is 5.91 Å². The van der Waals surface area contributed by atoms with Crippen molar-refractivity contribution in [3.8, 4) is 0 Å². The Morgan fingerprint density at radius 3 is 2.23 bits per heavy atom. The molecule has 0 spiro atoms. The molecule has 0 aliphatic carbocycles. The number of piperidine rings is 1. The lowest BCUT2D eigenvalue weighted by Crippen LogP contribution is -2.41. The van der Waals surface area contributed by atoms with Gasteiger partial charge in [-0.3, -0.25) is 14.4 Å². The summed E-state index contributed by atoms with van der Waals surface area (Å²) in [6.07, 6.45) is -3.67. The molecule has 0 bridgehead atoms. The fraction of sp³-hybridized carbons (Fsp3) is 0.269. The summed E-state index contributed by atoms with van der Waals surface area (Å²) in [6, 6.07) is 19.2. The topological polar surface area (TPSA) is 78.5 Å². The number of halogens is 3. The normalized spacial score (nSPS) is 14.5. The molecule has 6 nitrogen and oxygen atoms in total. The van der Waals surface area contributed by atoms with E-state index in [1.54, 1.807) is 17.0 Å². The van der Waals surface area contributed by atoms with Crippen LogP contribution in [0.4, 0.5) is 18.9 Å². The average molecular weight is 483 g/mol. The molecule has 0 saturated carbocycles. The maximum absolute atomic E-state index is 13.1. The predicted octanol–water partition coefficient (Wildman–Crippen LogP) is 4.62. The Morgan fingerprint density at radius 1 is 0.857 bits per heavy atom. The van der Waals surface area contributed by atoms with Crippen LogP contribution in [-0.2, 0) is 4.79 Å². The zero-order valence-electron chi connectivity index (χ0n) is 18.8. The van der Waals surface area contributed by atoms with Gasteiger partial charge in [0, 0.05) is 24.6 Å². The minimum Gasteiger partial charge on any atom is -0.343 e. The lowest BCUT2D eigenvalue weighted by atomic mass is 9.94. The van der Waals surface area contributed by atoms with Crippen molar-refractivity contribution in [2.24, 2.45) is 5.92 Å². The predicted molar refractivity (Wildman–Crippen MR) is 126 cm³/mol. The van der Waals surface area contributed by atoms with Gasteiger partial charge < -0.3 is 15.5 Å². The summed E-state index contributed by atoms with van der Waals surface area (Å²) in [5.74, 6) is -1.74. The van der Waals surface area contributed by atoms with Gasteiger partial charge >= 0.3 is 6.18 Å². The lowest BCUT2D eigenvalue weighted by molar-refractivity contribution is -0.123. The monoisotopic (exact) mass is 483 g/mol. The second kappa shape index (κ2) is 10.2. The summed E-state index contributed by atoms with van der Waals surface area (Å²) in [5.41, 5.74) is 0.713. The Balaban J connectivity index is 1.38. The average Bonchev–Trinajstić information content (AvgIpc) is 2.86. The molecule has 1 aliphatic heterocycles. The number of amides is 3. The highest BCUT2D eigenvalue weighted by molar-refractivity contribution is 6.07. The van der Waals surface area contributed by atoms with Crippen LogP contribution in [0.15, 0.2) is 66.7 Å². The van der Waals surface area contributed by atoms with Crippen LogP contribution in [0.5, 0.6) is 0 Å². The van der Waals surface area contributed by atoms with Gasteiger partial charge in [-0.05, 0) is 41.8 Å². The smallest absolute Gasteiger partial charge is 0.343 e. The highest BCUT2D eigenvalue weighted by Crippen LogP contribution is 2.25. The molecule has 1 aliphatic rings. The largest absolute Gasteiger partial charge is 0.405 e. The second-order valence-electron chi connectivity index (χ2n) is 8.43. The van der Waals surface area contributed by atoms with Gasteiger partial charge in [0.15, 0.2) is 0 Å². The number of benzene rings is 3. The van der Waals surface area contributed by atoms with Crippen molar-refractivity contribution in [3.05, 3.63) is 77.9 Å². The van der Waals surface area contributed by atoms with Crippen molar-refractivity contribution in [3.63, 3.8) is 0 Å². The molecule has 35 heavy (non-hydrogen) atoms. The van der Waals surface area contributed by atoms with Crippen LogP contribution in [0.3, 0.4) is 0 Å². The van der Waals surface area contributed by atoms with Crippen molar-refractivity contribution in [1.29, 1.82) is 0 Å². The molecule has 0 aromatic heterocycles. The van der Waals surface area contributed by atoms with Crippen LogP contribution >= 0.6 is 0 Å². The summed E-state index contributed by atoms with van der Waals surface area (Å²) in [4.78, 5) is 39.9. The number of carbonyl (C=O) groups is 3. The SMILES string of the molecule is O=C(NCC(F)(F)F)c1ccccc1NC(=O)C1CCN(C(=O)c2cccc3ccccc23)CC1. The number of carbonyl (C=O) groups excluding carboxylic acids is 3. The Bertz CT molecular complexity index is 1250. The molecule has 3 aromatic rings. The fourth-order valence-corrected chi connectivity index (χ4v) is 4.23. The highest BCUT2D eigenvalue weighted by atomic mass is 19.4. The third kappa shape index (κ3) is 5.79. The molecule has 4 rings (SSSR count). The standard InChI is InChI=1S/C26H24F3N3O3/c27-26(28,29)16-30-24(34)21-9-3-4-11-22(21)31-23(33)18-12-14-32(15-13-18)25(35)20-10-5-7-17-6-1-2-8-19(17)20/h1-11,18H,12-16H2,(H,30,34)(H,31,33). The second-order valence-corrected chi connectivity index (χ2v) is 8.43. The van der Waals surface area contributed by atoms with Gasteiger partial charge in [0.25, 0.3) is 11.8 Å². The first-order chi connectivity index (χ1) is 16.7. The lowest BCUT2D eigenvalue weighted by Gasteiger charge is -2.31. The van der Waals surface area contributed by atoms with E-state index in [0.29, 0.717) is 31.5 Å². The first-order valence-electron chi connectivity index (χ1n) is 11.2. The van der Waals surface area contributed by atoms with Gasteiger partial charge in [-0.15, -0.1) is 0 Å². The number of anilines is 1. The van der Waals surface area contributed by atoms with Gasteiger partial charge in [0.1, 0.15) is 6.54 Å². The highest BCUT2D eigenvalue weighted by Gasteiger charge is 2.30. The summed E-state index contributed by atoms with van der Waals surface area (Å²) < 4.78 is 37.3. The maximum Gasteiger partial charge on any atom is 0.405 e. The van der Waals surface area contributed by atoms with E-state index >= 15 is 0 Å². The van der Waals surface area contributed by atoms with E-state index in [-0.39, 0.29) is 23.1 Å². The number of hydrogen-bond donors (Lipinski definition) is 2. The van der Waals surface area contributed by atoms with E-state index in [1.807, 2.05) is 41.7 Å². The molecular formula is C26H24F3N3O3. The van der Waals surface area contributed by atoms with Crippen molar-refractivity contribution >= 4 is 34.2 Å². The van der Waals surface area contributed by atoms with Crippen molar-refractivity contribution in [1.82, 2.24) is 10.2 Å². The molecule has 1 heterocycles. The molecule has 1 fully saturated rings. The molecule has 0 radical (unpaired) electrons. The van der Waals surface area contributed by atoms with Crippen LogP contribution in [0, 0.1) is 5.92 Å². The summed E-state index contributed by atoms with van der Waals surface area (Å²) in [7, 11) is 0. The molecule has 9 heteroatoms. The van der Waals surface area contributed by atoms with Crippen LogP contribution < -0.4 is 10.6 Å². The number of fused-ring (bicyclic) bond motifs is 1. The molecule has 0 unspecified atom stereocenters. The number of rotatable bonds is 5. The minimum absolute atomic E-state index is 0.0475. The molecule has 1 saturated heterocycles. The third-order valence-electron chi connectivity index (χ3n) is 6.05. The number of nitrogens with one attached hydrogen (secondary N) is 2. The fourth-order valence-electron chi connectivity index (χ4n) is 4.23. The maximum atomic E-state index is 13.1. The minimum atomic E-state index is -4.54. The van der Waals surface area contributed by atoms with Gasteiger partial charge in [-0.1, -0.05) is 48.5 Å². The summed E-state index contributed by atoms with van der Waals surface area (Å²) in [5, 5.41) is 6.35. The number of nitrogens with zero attached hydrogens (tertiary/aromatic N) is 1. The van der Waals surface area contributed by atoms with E-state index < -0.39 is 24.5 Å². The van der Waals surface area contributed by atoms with Crippen LogP contribution in [0.25, 0.3) is 10.8 Å². The van der Waals surface area contributed by atoms with E-state index in [4.69, 9.17) is 0 Å². The number of hydrogen-bond acceptors (Lipinski definition) is 3. The first kappa shape index (κ1) is 24.3. The molecule has 182 valence electrons.